The number of ketones is 1. The van der Waals surface area contributed by atoms with Gasteiger partial charge in [0.15, 0.2) is 11.7 Å². The first-order valence-electron chi connectivity index (χ1n) is 6.23. The number of nitrogens with zero attached hydrogens (tertiary/aromatic N) is 1. The molecule has 0 aliphatic carbocycles. The third-order valence-electron chi connectivity index (χ3n) is 3.03. The van der Waals surface area contributed by atoms with E-state index in [1.807, 2.05) is 13.0 Å². The first-order valence-corrected chi connectivity index (χ1v) is 6.23. The SMILES string of the molecule is CC1=CC(=O)C(C(C)=Nc2cc(C)ccc2N)C(=O)O1. The van der Waals surface area contributed by atoms with Crippen molar-refractivity contribution < 1.29 is 14.3 Å². The maximum absolute atomic E-state index is 11.9. The molecule has 1 unspecified atom stereocenters. The zero-order valence-electron chi connectivity index (χ0n) is 11.6. The average molecular weight is 272 g/mol. The third-order valence-corrected chi connectivity index (χ3v) is 3.03. The first-order chi connectivity index (χ1) is 9.38. The smallest absolute Gasteiger partial charge is 0.327 e. The van der Waals surface area contributed by atoms with Gasteiger partial charge in [-0.2, -0.15) is 0 Å². The van der Waals surface area contributed by atoms with Crippen LogP contribution in [0.4, 0.5) is 11.4 Å². The predicted octanol–water partition coefficient (Wildman–Crippen LogP) is 2.32. The molecule has 2 rings (SSSR count). The molecule has 1 aliphatic heterocycles. The van der Waals surface area contributed by atoms with Gasteiger partial charge in [0.05, 0.1) is 11.4 Å². The molecule has 1 heterocycles. The molecule has 0 spiro atoms. The summed E-state index contributed by atoms with van der Waals surface area (Å²) in [5.41, 5.74) is 8.26. The second kappa shape index (κ2) is 5.28. The molecule has 2 N–H and O–H groups in total. The van der Waals surface area contributed by atoms with Crippen LogP contribution >= 0.6 is 0 Å². The molecule has 5 nitrogen and oxygen atoms in total. The van der Waals surface area contributed by atoms with Crippen molar-refractivity contribution in [2.24, 2.45) is 10.9 Å². The van der Waals surface area contributed by atoms with Crippen LogP contribution in [0.3, 0.4) is 0 Å². The number of carbonyl (C=O) groups excluding carboxylic acids is 2. The van der Waals surface area contributed by atoms with Crippen molar-refractivity contribution in [3.63, 3.8) is 0 Å². The fraction of sp³-hybridized carbons (Fsp3) is 0.267. The molecular weight excluding hydrogens is 256 g/mol. The lowest BCUT2D eigenvalue weighted by molar-refractivity contribution is -0.146. The standard InChI is InChI=1S/C15H16N2O3/c1-8-4-5-11(16)12(6-8)17-10(3)14-13(18)7-9(2)20-15(14)19/h4-7,14H,16H2,1-3H3. The minimum absolute atomic E-state index is 0.305. The van der Waals surface area contributed by atoms with Crippen LogP contribution in [0.15, 0.2) is 35.0 Å². The maximum Gasteiger partial charge on any atom is 0.327 e. The summed E-state index contributed by atoms with van der Waals surface area (Å²) in [6.07, 6.45) is 1.31. The minimum Gasteiger partial charge on any atom is -0.430 e. The Morgan fingerprint density at radius 2 is 2.00 bits per heavy atom. The fourth-order valence-electron chi connectivity index (χ4n) is 2.03. The molecule has 20 heavy (non-hydrogen) atoms. The molecule has 1 aromatic carbocycles. The molecule has 0 radical (unpaired) electrons. The summed E-state index contributed by atoms with van der Waals surface area (Å²) in [5.74, 6) is -1.59. The summed E-state index contributed by atoms with van der Waals surface area (Å²) >= 11 is 0. The normalized spacial score (nSPS) is 19.6. The van der Waals surface area contributed by atoms with Crippen molar-refractivity contribution in [1.29, 1.82) is 0 Å². The van der Waals surface area contributed by atoms with Gasteiger partial charge in [-0.1, -0.05) is 6.07 Å². The zero-order chi connectivity index (χ0) is 14.9. The molecule has 5 heteroatoms. The summed E-state index contributed by atoms with van der Waals surface area (Å²) in [6, 6.07) is 5.42. The third kappa shape index (κ3) is 2.77. The Balaban J connectivity index is 2.38. The lowest BCUT2D eigenvalue weighted by Gasteiger charge is -2.18. The Kier molecular flexibility index (Phi) is 3.70. The van der Waals surface area contributed by atoms with Gasteiger partial charge in [-0.3, -0.25) is 14.6 Å². The highest BCUT2D eigenvalue weighted by molar-refractivity contribution is 6.23. The molecule has 0 aromatic heterocycles. The van der Waals surface area contributed by atoms with E-state index < -0.39 is 11.9 Å². The van der Waals surface area contributed by atoms with E-state index in [2.05, 4.69) is 4.99 Å². The van der Waals surface area contributed by atoms with Gasteiger partial charge in [-0.25, -0.2) is 0 Å². The van der Waals surface area contributed by atoms with Gasteiger partial charge in [0.1, 0.15) is 5.76 Å². The predicted molar refractivity (Wildman–Crippen MR) is 76.7 cm³/mol. The number of ether oxygens (including phenoxy) is 1. The van der Waals surface area contributed by atoms with Crippen LogP contribution in [0.1, 0.15) is 19.4 Å². The van der Waals surface area contributed by atoms with E-state index in [9.17, 15) is 9.59 Å². The van der Waals surface area contributed by atoms with Gasteiger partial charge in [0, 0.05) is 11.8 Å². The van der Waals surface area contributed by atoms with Crippen molar-refractivity contribution >= 4 is 28.8 Å². The number of nitrogens with two attached hydrogens (primary N) is 1. The molecule has 1 atom stereocenters. The van der Waals surface area contributed by atoms with Crippen LogP contribution in [0.25, 0.3) is 0 Å². The van der Waals surface area contributed by atoms with Crippen molar-refractivity contribution in [2.75, 3.05) is 5.73 Å². The van der Waals surface area contributed by atoms with Crippen LogP contribution in [-0.2, 0) is 14.3 Å². The number of hydrogen-bond acceptors (Lipinski definition) is 5. The second-order valence-corrected chi connectivity index (χ2v) is 4.83. The number of carbonyl (C=O) groups is 2. The molecule has 1 aromatic rings. The second-order valence-electron chi connectivity index (χ2n) is 4.83. The number of allylic oxidation sites excluding steroid dienone is 2. The zero-order valence-corrected chi connectivity index (χ0v) is 11.6. The number of nitrogen functional groups attached to an aromatic ring is 1. The highest BCUT2D eigenvalue weighted by Crippen LogP contribution is 2.25. The van der Waals surface area contributed by atoms with Crippen molar-refractivity contribution in [3.05, 3.63) is 35.6 Å². The summed E-state index contributed by atoms with van der Waals surface area (Å²) in [5, 5.41) is 0. The first kappa shape index (κ1) is 14.0. The van der Waals surface area contributed by atoms with Gasteiger partial charge in [-0.05, 0) is 38.5 Å². The summed E-state index contributed by atoms with van der Waals surface area (Å²) < 4.78 is 4.97. The van der Waals surface area contributed by atoms with Gasteiger partial charge < -0.3 is 10.5 Å². The highest BCUT2D eigenvalue weighted by atomic mass is 16.5. The number of aryl methyl sites for hydroxylation is 1. The van der Waals surface area contributed by atoms with E-state index in [1.165, 1.54) is 6.08 Å². The van der Waals surface area contributed by atoms with E-state index in [1.54, 1.807) is 26.0 Å². The average Bonchev–Trinajstić information content (AvgIpc) is 2.32. The maximum atomic E-state index is 11.9. The Hall–Kier alpha value is -2.43. The monoisotopic (exact) mass is 272 g/mol. The van der Waals surface area contributed by atoms with Crippen molar-refractivity contribution in [3.8, 4) is 0 Å². The Bertz CT molecular complexity index is 645. The Morgan fingerprint density at radius 1 is 1.30 bits per heavy atom. The fourth-order valence-corrected chi connectivity index (χ4v) is 2.03. The van der Waals surface area contributed by atoms with E-state index in [0.29, 0.717) is 22.8 Å². The lowest BCUT2D eigenvalue weighted by Crippen LogP contribution is -2.34. The van der Waals surface area contributed by atoms with Gasteiger partial charge in [0.25, 0.3) is 0 Å². The highest BCUT2D eigenvalue weighted by Gasteiger charge is 2.33. The summed E-state index contributed by atoms with van der Waals surface area (Å²) in [7, 11) is 0. The largest absolute Gasteiger partial charge is 0.430 e. The van der Waals surface area contributed by atoms with Gasteiger partial charge in [0.2, 0.25) is 0 Å². The van der Waals surface area contributed by atoms with Crippen LogP contribution in [-0.4, -0.2) is 17.5 Å². The molecule has 0 amide bonds. The number of aliphatic imine (C=N–C) groups is 1. The number of cyclic esters (lactones) is 1. The van der Waals surface area contributed by atoms with Crippen molar-refractivity contribution in [1.82, 2.24) is 0 Å². The number of hydrogen-bond donors (Lipinski definition) is 1. The number of benzene rings is 1. The molecule has 1 aliphatic rings. The van der Waals surface area contributed by atoms with E-state index in [0.717, 1.165) is 5.56 Å². The van der Waals surface area contributed by atoms with Crippen LogP contribution in [0, 0.1) is 12.8 Å². The number of anilines is 1. The van der Waals surface area contributed by atoms with E-state index in [4.69, 9.17) is 10.5 Å². The molecule has 0 saturated heterocycles. The quantitative estimate of drug-likeness (QED) is 0.387. The van der Waals surface area contributed by atoms with Gasteiger partial charge in [-0.15, -0.1) is 0 Å². The van der Waals surface area contributed by atoms with Crippen LogP contribution < -0.4 is 5.73 Å². The molecule has 104 valence electrons. The van der Waals surface area contributed by atoms with Crippen molar-refractivity contribution in [2.45, 2.75) is 20.8 Å². The number of rotatable bonds is 2. The summed E-state index contributed by atoms with van der Waals surface area (Å²) in [6.45, 7) is 5.11. The molecule has 0 bridgehead atoms. The minimum atomic E-state index is -0.987. The Labute approximate surface area is 117 Å². The lowest BCUT2D eigenvalue weighted by atomic mass is 9.96. The Morgan fingerprint density at radius 3 is 2.65 bits per heavy atom. The van der Waals surface area contributed by atoms with E-state index >= 15 is 0 Å². The van der Waals surface area contributed by atoms with Crippen LogP contribution in [0.5, 0.6) is 0 Å². The topological polar surface area (TPSA) is 81.8 Å². The van der Waals surface area contributed by atoms with Crippen LogP contribution in [0.2, 0.25) is 0 Å². The molecular formula is C15H16N2O3. The van der Waals surface area contributed by atoms with Gasteiger partial charge >= 0.3 is 5.97 Å². The summed E-state index contributed by atoms with van der Waals surface area (Å²) in [4.78, 5) is 28.0. The van der Waals surface area contributed by atoms with E-state index in [-0.39, 0.29) is 5.78 Å². The molecule has 0 saturated carbocycles. The molecule has 0 fully saturated rings. The number of esters is 1.